The van der Waals surface area contributed by atoms with Gasteiger partial charge in [-0.25, -0.2) is 4.79 Å². The van der Waals surface area contributed by atoms with Crippen LogP contribution in [0.3, 0.4) is 0 Å². The van der Waals surface area contributed by atoms with Gasteiger partial charge in [0.05, 0.1) is 11.3 Å². The van der Waals surface area contributed by atoms with Crippen molar-refractivity contribution in [2.75, 3.05) is 18.4 Å². The van der Waals surface area contributed by atoms with Gasteiger partial charge < -0.3 is 16.0 Å². The minimum Gasteiger partial charge on any atom is -0.359 e. The van der Waals surface area contributed by atoms with Crippen molar-refractivity contribution in [1.82, 2.24) is 10.6 Å². The number of amides is 3. The summed E-state index contributed by atoms with van der Waals surface area (Å²) in [6.07, 6.45) is -3.52. The van der Waals surface area contributed by atoms with E-state index in [2.05, 4.69) is 16.0 Å². The number of halogens is 3. The lowest BCUT2D eigenvalue weighted by molar-refractivity contribution is -0.136. The smallest absolute Gasteiger partial charge is 0.359 e. The second-order valence-corrected chi connectivity index (χ2v) is 3.85. The van der Waals surface area contributed by atoms with Crippen LogP contribution < -0.4 is 16.0 Å². The van der Waals surface area contributed by atoms with Crippen molar-refractivity contribution < 1.29 is 22.8 Å². The maximum absolute atomic E-state index is 12.7. The SMILES string of the molecule is O=CNCCCNC(=O)Nc1ccccc1C(F)(F)F. The molecule has 0 aromatic heterocycles. The number of benzene rings is 1. The van der Waals surface area contributed by atoms with Gasteiger partial charge in [0.1, 0.15) is 0 Å². The fraction of sp³-hybridized carbons (Fsp3) is 0.333. The van der Waals surface area contributed by atoms with Gasteiger partial charge in [0.25, 0.3) is 0 Å². The average molecular weight is 289 g/mol. The molecule has 0 aliphatic rings. The van der Waals surface area contributed by atoms with Crippen molar-refractivity contribution in [2.24, 2.45) is 0 Å². The first-order chi connectivity index (χ1) is 9.45. The lowest BCUT2D eigenvalue weighted by Gasteiger charge is -2.13. The Morgan fingerprint density at radius 3 is 2.55 bits per heavy atom. The van der Waals surface area contributed by atoms with Crippen LogP contribution in [0.4, 0.5) is 23.7 Å². The molecule has 0 spiro atoms. The van der Waals surface area contributed by atoms with Gasteiger partial charge in [0.2, 0.25) is 6.41 Å². The van der Waals surface area contributed by atoms with Gasteiger partial charge in [-0.15, -0.1) is 0 Å². The fourth-order valence-electron chi connectivity index (χ4n) is 1.46. The highest BCUT2D eigenvalue weighted by atomic mass is 19.4. The zero-order valence-corrected chi connectivity index (χ0v) is 10.5. The van der Waals surface area contributed by atoms with Crippen LogP contribution in [0.1, 0.15) is 12.0 Å². The molecule has 1 aromatic carbocycles. The normalized spacial score (nSPS) is 10.8. The number of hydrogen-bond acceptors (Lipinski definition) is 2. The molecule has 5 nitrogen and oxygen atoms in total. The second kappa shape index (κ2) is 7.37. The maximum Gasteiger partial charge on any atom is 0.418 e. The number of alkyl halides is 3. The van der Waals surface area contributed by atoms with Crippen molar-refractivity contribution in [3.8, 4) is 0 Å². The zero-order valence-electron chi connectivity index (χ0n) is 10.5. The molecule has 0 saturated heterocycles. The molecule has 0 fully saturated rings. The van der Waals surface area contributed by atoms with Crippen molar-refractivity contribution in [1.29, 1.82) is 0 Å². The summed E-state index contributed by atoms with van der Waals surface area (Å²) in [4.78, 5) is 21.4. The lowest BCUT2D eigenvalue weighted by atomic mass is 10.1. The number of hydrogen-bond donors (Lipinski definition) is 3. The zero-order chi connectivity index (χ0) is 15.0. The second-order valence-electron chi connectivity index (χ2n) is 3.85. The largest absolute Gasteiger partial charge is 0.418 e. The number of urea groups is 1. The van der Waals surface area contributed by atoms with E-state index in [4.69, 9.17) is 0 Å². The summed E-state index contributed by atoms with van der Waals surface area (Å²) in [5, 5.41) is 6.94. The highest BCUT2D eigenvalue weighted by Gasteiger charge is 2.33. The number of rotatable bonds is 6. The van der Waals surface area contributed by atoms with Crippen LogP contribution in [0.2, 0.25) is 0 Å². The third kappa shape index (κ3) is 5.17. The van der Waals surface area contributed by atoms with E-state index in [0.717, 1.165) is 6.07 Å². The molecule has 0 aliphatic carbocycles. The highest BCUT2D eigenvalue weighted by molar-refractivity contribution is 5.90. The van der Waals surface area contributed by atoms with E-state index in [9.17, 15) is 22.8 Å². The van der Waals surface area contributed by atoms with Crippen molar-refractivity contribution in [2.45, 2.75) is 12.6 Å². The predicted molar refractivity (Wildman–Crippen MR) is 67.1 cm³/mol. The standard InChI is InChI=1S/C12H14F3N3O2/c13-12(14,15)9-4-1-2-5-10(9)18-11(20)17-7-3-6-16-8-19/h1-2,4-5,8H,3,6-7H2,(H,16,19)(H2,17,18,20). The molecule has 0 radical (unpaired) electrons. The molecule has 3 amide bonds. The Morgan fingerprint density at radius 2 is 1.90 bits per heavy atom. The third-order valence-electron chi connectivity index (χ3n) is 2.35. The Balaban J connectivity index is 2.52. The molecule has 0 bridgehead atoms. The van der Waals surface area contributed by atoms with Gasteiger partial charge in [-0.05, 0) is 18.6 Å². The fourth-order valence-corrected chi connectivity index (χ4v) is 1.46. The molecule has 0 aliphatic heterocycles. The van der Waals surface area contributed by atoms with Gasteiger partial charge >= 0.3 is 12.2 Å². The monoisotopic (exact) mass is 289 g/mol. The molecule has 0 saturated carbocycles. The number of para-hydroxylation sites is 1. The number of anilines is 1. The van der Waals surface area contributed by atoms with Crippen LogP contribution in [0, 0.1) is 0 Å². The molecular formula is C12H14F3N3O2. The van der Waals surface area contributed by atoms with Crippen molar-refractivity contribution >= 4 is 18.1 Å². The summed E-state index contributed by atoms with van der Waals surface area (Å²) < 4.78 is 38.0. The van der Waals surface area contributed by atoms with Crippen molar-refractivity contribution in [3.05, 3.63) is 29.8 Å². The van der Waals surface area contributed by atoms with Gasteiger partial charge in [0, 0.05) is 13.1 Å². The molecule has 110 valence electrons. The van der Waals surface area contributed by atoms with E-state index >= 15 is 0 Å². The molecule has 1 rings (SSSR count). The Hall–Kier alpha value is -2.25. The molecule has 20 heavy (non-hydrogen) atoms. The van der Waals surface area contributed by atoms with Crippen LogP contribution in [0.5, 0.6) is 0 Å². The Bertz CT molecular complexity index is 464. The van der Waals surface area contributed by atoms with Gasteiger partial charge in [-0.2, -0.15) is 13.2 Å². The van der Waals surface area contributed by atoms with Crippen LogP contribution in [-0.2, 0) is 11.0 Å². The summed E-state index contributed by atoms with van der Waals surface area (Å²) in [7, 11) is 0. The molecular weight excluding hydrogens is 275 g/mol. The van der Waals surface area contributed by atoms with E-state index in [1.807, 2.05) is 0 Å². The van der Waals surface area contributed by atoms with Crippen LogP contribution in [0.25, 0.3) is 0 Å². The average Bonchev–Trinajstić information content (AvgIpc) is 2.38. The van der Waals surface area contributed by atoms with E-state index in [0.29, 0.717) is 19.4 Å². The first kappa shape index (κ1) is 15.8. The van der Waals surface area contributed by atoms with Gasteiger partial charge in [0.15, 0.2) is 0 Å². The minimum absolute atomic E-state index is 0.237. The summed E-state index contributed by atoms with van der Waals surface area (Å²) in [6, 6.07) is 3.99. The first-order valence-corrected chi connectivity index (χ1v) is 5.83. The van der Waals surface area contributed by atoms with E-state index in [-0.39, 0.29) is 12.2 Å². The van der Waals surface area contributed by atoms with E-state index < -0.39 is 17.8 Å². The predicted octanol–water partition coefficient (Wildman–Crippen LogP) is 1.96. The first-order valence-electron chi connectivity index (χ1n) is 5.83. The topological polar surface area (TPSA) is 70.2 Å². The molecule has 0 atom stereocenters. The number of carbonyl (C=O) groups is 2. The summed E-state index contributed by atoms with van der Waals surface area (Å²) in [5.41, 5.74) is -1.21. The maximum atomic E-state index is 12.7. The summed E-state index contributed by atoms with van der Waals surface area (Å²) in [6.45, 7) is 0.615. The molecule has 0 heterocycles. The summed E-state index contributed by atoms with van der Waals surface area (Å²) in [5.74, 6) is 0. The Morgan fingerprint density at radius 1 is 1.20 bits per heavy atom. The quantitative estimate of drug-likeness (QED) is 0.553. The summed E-state index contributed by atoms with van der Waals surface area (Å²) >= 11 is 0. The number of carbonyl (C=O) groups excluding carboxylic acids is 2. The minimum atomic E-state index is -4.53. The van der Waals surface area contributed by atoms with Gasteiger partial charge in [-0.1, -0.05) is 12.1 Å². The highest BCUT2D eigenvalue weighted by Crippen LogP contribution is 2.34. The van der Waals surface area contributed by atoms with E-state index in [1.165, 1.54) is 18.2 Å². The van der Waals surface area contributed by atoms with Crippen molar-refractivity contribution in [3.63, 3.8) is 0 Å². The van der Waals surface area contributed by atoms with Crippen LogP contribution in [0.15, 0.2) is 24.3 Å². The number of nitrogens with one attached hydrogen (secondary N) is 3. The van der Waals surface area contributed by atoms with Gasteiger partial charge in [-0.3, -0.25) is 4.79 Å². The van der Waals surface area contributed by atoms with E-state index in [1.54, 1.807) is 0 Å². The molecule has 1 aromatic rings. The molecule has 8 heteroatoms. The molecule has 0 unspecified atom stereocenters. The Kier molecular flexibility index (Phi) is 5.82. The van der Waals surface area contributed by atoms with Crippen LogP contribution in [-0.4, -0.2) is 25.5 Å². The molecule has 3 N–H and O–H groups in total. The lowest BCUT2D eigenvalue weighted by Crippen LogP contribution is -2.31. The van der Waals surface area contributed by atoms with Crippen LogP contribution >= 0.6 is 0 Å². The Labute approximate surface area is 113 Å². The third-order valence-corrected chi connectivity index (χ3v) is 2.35.